The van der Waals surface area contributed by atoms with Gasteiger partial charge in [-0.1, -0.05) is 0 Å². The molecule has 0 heterocycles. The summed E-state index contributed by atoms with van der Waals surface area (Å²) in [5.74, 6) is -0.690. The second-order valence-electron chi connectivity index (χ2n) is 8.88. The van der Waals surface area contributed by atoms with E-state index in [-0.39, 0.29) is 16.9 Å². The summed E-state index contributed by atoms with van der Waals surface area (Å²) < 4.78 is 5.42. The van der Waals surface area contributed by atoms with Crippen molar-refractivity contribution < 1.29 is 30.0 Å². The van der Waals surface area contributed by atoms with Gasteiger partial charge < -0.3 is 25.2 Å². The van der Waals surface area contributed by atoms with E-state index in [0.29, 0.717) is 11.1 Å². The van der Waals surface area contributed by atoms with Crippen molar-refractivity contribution in [3.8, 4) is 5.75 Å². The molecular weight excluding hydrogens is 336 g/mol. The number of ether oxygens (including phenoxy) is 1. The van der Waals surface area contributed by atoms with Crippen LogP contribution >= 0.6 is 0 Å². The molecule has 0 bridgehead atoms. The van der Waals surface area contributed by atoms with Crippen LogP contribution in [0.2, 0.25) is 0 Å². The van der Waals surface area contributed by atoms with Crippen LogP contribution in [0.25, 0.3) is 0 Å². The van der Waals surface area contributed by atoms with E-state index in [2.05, 4.69) is 0 Å². The molecule has 0 aliphatic heterocycles. The summed E-state index contributed by atoms with van der Waals surface area (Å²) in [6.45, 7) is 13.4. The van der Waals surface area contributed by atoms with E-state index in [1.54, 1.807) is 6.07 Å². The van der Waals surface area contributed by atoms with Crippen molar-refractivity contribution >= 4 is 5.97 Å². The molecule has 1 aromatic carbocycles. The van der Waals surface area contributed by atoms with E-state index >= 15 is 0 Å². The van der Waals surface area contributed by atoms with Crippen LogP contribution in [0.4, 0.5) is 0 Å². The van der Waals surface area contributed by atoms with Crippen LogP contribution in [-0.2, 0) is 27.2 Å². The first-order valence-corrected chi connectivity index (χ1v) is 8.58. The molecule has 0 radical (unpaired) electrons. The maximum atomic E-state index is 11.8. The first kappa shape index (κ1) is 22.6. The van der Waals surface area contributed by atoms with Gasteiger partial charge in [-0.25, -0.2) is 0 Å². The molecule has 0 aromatic heterocycles. The summed E-state index contributed by atoms with van der Waals surface area (Å²) in [6.07, 6.45) is 0. The minimum atomic E-state index is -1.49. The standard InChI is InChI=1S/C20H32O6/c1-11(21)26-16-14(19(6,7)24)12(17(2,3)22)10-13(18(4,5)23)15(16)20(8,9)25/h10,22-25H,1-9H3. The molecule has 0 unspecified atom stereocenters. The topological polar surface area (TPSA) is 107 Å². The summed E-state index contributed by atoms with van der Waals surface area (Å²) >= 11 is 0. The van der Waals surface area contributed by atoms with Gasteiger partial charge in [0, 0.05) is 18.1 Å². The molecule has 0 fully saturated rings. The zero-order valence-electron chi connectivity index (χ0n) is 17.2. The van der Waals surface area contributed by atoms with Crippen LogP contribution in [0, 0.1) is 0 Å². The number of aliphatic hydroxyl groups is 4. The highest BCUT2D eigenvalue weighted by molar-refractivity contribution is 5.72. The third-order valence-corrected chi connectivity index (χ3v) is 4.07. The Labute approximate surface area is 155 Å². The lowest BCUT2D eigenvalue weighted by molar-refractivity contribution is -0.132. The zero-order chi connectivity index (χ0) is 20.9. The van der Waals surface area contributed by atoms with E-state index in [1.807, 2.05) is 0 Å². The van der Waals surface area contributed by atoms with Crippen LogP contribution in [0.3, 0.4) is 0 Å². The van der Waals surface area contributed by atoms with Gasteiger partial charge in [-0.2, -0.15) is 0 Å². The van der Waals surface area contributed by atoms with Gasteiger partial charge in [-0.3, -0.25) is 4.79 Å². The fourth-order valence-corrected chi connectivity index (χ4v) is 3.08. The Morgan fingerprint density at radius 1 is 0.731 bits per heavy atom. The predicted octanol–water partition coefficient (Wildman–Crippen LogP) is 2.52. The lowest BCUT2D eigenvalue weighted by atomic mass is 9.75. The van der Waals surface area contributed by atoms with Gasteiger partial charge in [0.25, 0.3) is 0 Å². The zero-order valence-corrected chi connectivity index (χ0v) is 17.2. The van der Waals surface area contributed by atoms with E-state index < -0.39 is 28.4 Å². The highest BCUT2D eigenvalue weighted by Gasteiger charge is 2.40. The largest absolute Gasteiger partial charge is 0.426 e. The van der Waals surface area contributed by atoms with Gasteiger partial charge >= 0.3 is 5.97 Å². The maximum absolute atomic E-state index is 11.8. The average Bonchev–Trinajstić information content (AvgIpc) is 2.31. The second-order valence-corrected chi connectivity index (χ2v) is 8.88. The number of hydrogen-bond acceptors (Lipinski definition) is 6. The smallest absolute Gasteiger partial charge is 0.308 e. The molecular formula is C20H32O6. The molecule has 26 heavy (non-hydrogen) atoms. The van der Waals surface area contributed by atoms with Gasteiger partial charge in [0.05, 0.1) is 22.4 Å². The molecule has 6 nitrogen and oxygen atoms in total. The minimum Gasteiger partial charge on any atom is -0.426 e. The predicted molar refractivity (Wildman–Crippen MR) is 98.7 cm³/mol. The molecule has 0 aliphatic rings. The van der Waals surface area contributed by atoms with Crippen molar-refractivity contribution in [2.75, 3.05) is 0 Å². The quantitative estimate of drug-likeness (QED) is 0.470. The molecule has 4 N–H and O–H groups in total. The Morgan fingerprint density at radius 2 is 1.04 bits per heavy atom. The molecule has 1 aromatic rings. The Balaban J connectivity index is 4.28. The lowest BCUT2D eigenvalue weighted by Gasteiger charge is -2.37. The summed E-state index contributed by atoms with van der Waals surface area (Å²) in [4.78, 5) is 11.8. The number of carbonyl (C=O) groups excluding carboxylic acids is 1. The first-order valence-electron chi connectivity index (χ1n) is 8.58. The van der Waals surface area contributed by atoms with Crippen molar-refractivity contribution in [3.63, 3.8) is 0 Å². The Morgan fingerprint density at radius 3 is 1.23 bits per heavy atom. The number of benzene rings is 1. The van der Waals surface area contributed by atoms with Gasteiger partial charge in [0.15, 0.2) is 0 Å². The molecule has 0 amide bonds. The Bertz CT molecular complexity index is 641. The third kappa shape index (κ3) is 4.82. The number of hydrogen-bond donors (Lipinski definition) is 4. The van der Waals surface area contributed by atoms with Crippen molar-refractivity contribution in [1.82, 2.24) is 0 Å². The normalized spacial score (nSPS) is 13.7. The van der Waals surface area contributed by atoms with Crippen LogP contribution < -0.4 is 4.74 Å². The minimum absolute atomic E-state index is 0.0470. The van der Waals surface area contributed by atoms with Crippen LogP contribution in [0.1, 0.15) is 84.6 Å². The Kier molecular flexibility index (Phi) is 5.73. The average molecular weight is 368 g/mol. The van der Waals surface area contributed by atoms with E-state index in [9.17, 15) is 25.2 Å². The van der Waals surface area contributed by atoms with Crippen LogP contribution in [0.15, 0.2) is 6.07 Å². The molecule has 0 atom stereocenters. The summed E-state index contributed by atoms with van der Waals surface area (Å²) in [5.41, 5.74) is -4.81. The summed E-state index contributed by atoms with van der Waals surface area (Å²) in [7, 11) is 0. The van der Waals surface area contributed by atoms with E-state index in [4.69, 9.17) is 4.74 Å². The lowest BCUT2D eigenvalue weighted by Crippen LogP contribution is -2.33. The molecule has 0 saturated heterocycles. The van der Waals surface area contributed by atoms with Gasteiger partial charge in [-0.05, 0) is 72.6 Å². The maximum Gasteiger partial charge on any atom is 0.308 e. The van der Waals surface area contributed by atoms with Crippen molar-refractivity contribution in [3.05, 3.63) is 28.3 Å². The first-order chi connectivity index (χ1) is 11.3. The highest BCUT2D eigenvalue weighted by atomic mass is 16.5. The molecule has 0 saturated carbocycles. The van der Waals surface area contributed by atoms with Crippen LogP contribution in [-0.4, -0.2) is 26.4 Å². The molecule has 0 aliphatic carbocycles. The fraction of sp³-hybridized carbons (Fsp3) is 0.650. The van der Waals surface area contributed by atoms with Crippen molar-refractivity contribution in [2.24, 2.45) is 0 Å². The second kappa shape index (κ2) is 6.60. The number of esters is 1. The van der Waals surface area contributed by atoms with Gasteiger partial charge in [0.2, 0.25) is 0 Å². The van der Waals surface area contributed by atoms with E-state index in [0.717, 1.165) is 0 Å². The molecule has 6 heteroatoms. The molecule has 148 valence electrons. The third-order valence-electron chi connectivity index (χ3n) is 4.07. The fourth-order valence-electron chi connectivity index (χ4n) is 3.08. The van der Waals surface area contributed by atoms with Gasteiger partial charge in [0.1, 0.15) is 5.75 Å². The molecule has 1 rings (SSSR count). The monoisotopic (exact) mass is 368 g/mol. The summed E-state index contributed by atoms with van der Waals surface area (Å²) in [5, 5.41) is 42.9. The van der Waals surface area contributed by atoms with Crippen molar-refractivity contribution in [2.45, 2.75) is 84.7 Å². The van der Waals surface area contributed by atoms with Crippen molar-refractivity contribution in [1.29, 1.82) is 0 Å². The summed E-state index contributed by atoms with van der Waals surface area (Å²) in [6, 6.07) is 1.55. The van der Waals surface area contributed by atoms with Gasteiger partial charge in [-0.15, -0.1) is 0 Å². The number of carbonyl (C=O) groups is 1. The molecule has 0 spiro atoms. The highest BCUT2D eigenvalue weighted by Crippen LogP contribution is 2.47. The SMILES string of the molecule is CC(=O)Oc1c(C(C)(C)O)c(C(C)(C)O)cc(C(C)(C)O)c1C(C)(C)O. The van der Waals surface area contributed by atoms with E-state index in [1.165, 1.54) is 62.3 Å². The Hall–Kier alpha value is -1.47. The van der Waals surface area contributed by atoms with Crippen LogP contribution in [0.5, 0.6) is 5.75 Å². The number of rotatable bonds is 5.